The number of aliphatic imine (C=N–C) groups is 1. The Hall–Kier alpha value is -3.19. The van der Waals surface area contributed by atoms with E-state index < -0.39 is 34.5 Å². The van der Waals surface area contributed by atoms with Crippen LogP contribution in [-0.4, -0.2) is 34.1 Å². The second-order valence-electron chi connectivity index (χ2n) is 8.26. The summed E-state index contributed by atoms with van der Waals surface area (Å²) in [6, 6.07) is 3.78. The van der Waals surface area contributed by atoms with Crippen molar-refractivity contribution in [2.75, 3.05) is 18.6 Å². The summed E-state index contributed by atoms with van der Waals surface area (Å²) in [6.07, 6.45) is 6.94. The lowest BCUT2D eigenvalue weighted by atomic mass is 9.85. The molecule has 2 aromatic rings. The van der Waals surface area contributed by atoms with Gasteiger partial charge in [0.2, 0.25) is 0 Å². The molecule has 1 aliphatic heterocycles. The minimum Gasteiger partial charge on any atom is -0.479 e. The van der Waals surface area contributed by atoms with Crippen LogP contribution in [-0.2, 0) is 5.54 Å². The molecule has 10 heteroatoms. The molecular weight excluding hydrogens is 453 g/mol. The average molecular weight is 475 g/mol. The number of thioether (sulfide) groups is 1. The van der Waals surface area contributed by atoms with Gasteiger partial charge in [0.25, 0.3) is 5.91 Å². The second-order valence-corrected chi connectivity index (χ2v) is 9.69. The Labute approximate surface area is 193 Å². The lowest BCUT2D eigenvalue weighted by Crippen LogP contribution is -2.37. The Morgan fingerprint density at radius 2 is 2.18 bits per heavy atom. The SMILES string of the molecule is C#CCOc1cnc(C(=O)Nc2cc(F)c(F)c([C@]3(C)N=C(N)S[C@@]4(CF)C[C@H]43)c2)c(C)c1. The van der Waals surface area contributed by atoms with Gasteiger partial charge >= 0.3 is 0 Å². The smallest absolute Gasteiger partial charge is 0.274 e. The second kappa shape index (κ2) is 8.30. The van der Waals surface area contributed by atoms with Crippen molar-refractivity contribution in [2.45, 2.75) is 30.6 Å². The topological polar surface area (TPSA) is 89.6 Å². The lowest BCUT2D eigenvalue weighted by molar-refractivity contribution is 0.102. The van der Waals surface area contributed by atoms with Gasteiger partial charge in [0.05, 0.1) is 16.5 Å². The predicted octanol–water partition coefficient (Wildman–Crippen LogP) is 3.94. The highest BCUT2D eigenvalue weighted by molar-refractivity contribution is 8.15. The summed E-state index contributed by atoms with van der Waals surface area (Å²) in [5.74, 6) is -0.515. The third-order valence-electron chi connectivity index (χ3n) is 6.00. The largest absolute Gasteiger partial charge is 0.479 e. The van der Waals surface area contributed by atoms with E-state index in [0.717, 1.165) is 17.8 Å². The molecule has 1 aromatic heterocycles. The zero-order valence-electron chi connectivity index (χ0n) is 17.9. The molecule has 0 unspecified atom stereocenters. The Morgan fingerprint density at radius 3 is 2.85 bits per heavy atom. The van der Waals surface area contributed by atoms with Crippen LogP contribution in [0.1, 0.15) is 35.0 Å². The predicted molar refractivity (Wildman–Crippen MR) is 121 cm³/mol. The van der Waals surface area contributed by atoms with Crippen LogP contribution in [0.15, 0.2) is 29.4 Å². The van der Waals surface area contributed by atoms with Crippen molar-refractivity contribution in [1.82, 2.24) is 4.98 Å². The maximum absolute atomic E-state index is 14.9. The quantitative estimate of drug-likeness (QED) is 0.619. The van der Waals surface area contributed by atoms with Gasteiger partial charge in [-0.05, 0) is 38.0 Å². The fourth-order valence-corrected chi connectivity index (χ4v) is 5.61. The number of nitrogens with two attached hydrogens (primary N) is 1. The minimum absolute atomic E-state index is 0.0162. The van der Waals surface area contributed by atoms with Gasteiger partial charge in [-0.3, -0.25) is 9.79 Å². The van der Waals surface area contributed by atoms with E-state index in [0.29, 0.717) is 17.7 Å². The third kappa shape index (κ3) is 4.02. The number of ether oxygens (including phenoxy) is 1. The highest BCUT2D eigenvalue weighted by Gasteiger charge is 2.66. The van der Waals surface area contributed by atoms with Crippen LogP contribution in [0.25, 0.3) is 0 Å². The van der Waals surface area contributed by atoms with E-state index in [-0.39, 0.29) is 34.6 Å². The number of nitrogens with one attached hydrogen (secondary N) is 1. The summed E-state index contributed by atoms with van der Waals surface area (Å²) < 4.78 is 47.6. The first-order valence-electron chi connectivity index (χ1n) is 10.1. The molecule has 2 heterocycles. The number of aromatic nitrogens is 1. The number of amides is 1. The van der Waals surface area contributed by atoms with E-state index in [1.807, 2.05) is 0 Å². The molecule has 2 aliphatic rings. The number of pyridine rings is 1. The number of amidine groups is 1. The molecule has 172 valence electrons. The number of aryl methyl sites for hydroxylation is 1. The van der Waals surface area contributed by atoms with Crippen LogP contribution in [0, 0.1) is 36.8 Å². The highest BCUT2D eigenvalue weighted by atomic mass is 32.2. The molecule has 0 spiro atoms. The standard InChI is InChI=1S/C23H21F3N4O2S/c1-4-5-32-14-6-12(2)19(28-10-14)20(31)29-13-7-15(18(26)16(25)8-13)22(3)17-9-23(17,11-24)33-21(27)30-22/h1,6-8,10,17H,5,9,11H2,2-3H3,(H2,27,30)(H,29,31)/t17-,22-,23+/m0/s1. The van der Waals surface area contributed by atoms with Gasteiger partial charge in [-0.2, -0.15) is 0 Å². The van der Waals surface area contributed by atoms with E-state index in [2.05, 4.69) is 21.2 Å². The number of rotatable bonds is 6. The number of hydrogen-bond donors (Lipinski definition) is 2. The zero-order valence-corrected chi connectivity index (χ0v) is 18.7. The van der Waals surface area contributed by atoms with Gasteiger partial charge < -0.3 is 15.8 Å². The van der Waals surface area contributed by atoms with Crippen LogP contribution in [0.4, 0.5) is 18.9 Å². The zero-order chi connectivity index (χ0) is 24.0. The van der Waals surface area contributed by atoms with Crippen LogP contribution >= 0.6 is 11.8 Å². The Morgan fingerprint density at radius 1 is 1.42 bits per heavy atom. The van der Waals surface area contributed by atoms with Gasteiger partial charge in [0.1, 0.15) is 24.7 Å². The maximum atomic E-state index is 14.9. The molecule has 33 heavy (non-hydrogen) atoms. The molecule has 0 bridgehead atoms. The van der Waals surface area contributed by atoms with Crippen molar-refractivity contribution in [3.8, 4) is 18.1 Å². The normalized spacial score (nSPS) is 25.5. The van der Waals surface area contributed by atoms with E-state index in [9.17, 15) is 18.0 Å². The first-order valence-corrected chi connectivity index (χ1v) is 10.9. The summed E-state index contributed by atoms with van der Waals surface area (Å²) in [5, 5.41) is 2.67. The molecule has 4 rings (SSSR count). The van der Waals surface area contributed by atoms with E-state index >= 15 is 0 Å². The van der Waals surface area contributed by atoms with Crippen LogP contribution in [0.2, 0.25) is 0 Å². The van der Waals surface area contributed by atoms with Crippen LogP contribution in [0.5, 0.6) is 5.75 Å². The molecule has 1 aliphatic carbocycles. The van der Waals surface area contributed by atoms with Gasteiger partial charge in [0.15, 0.2) is 16.8 Å². The molecule has 6 nitrogen and oxygen atoms in total. The van der Waals surface area contributed by atoms with Gasteiger partial charge in [-0.1, -0.05) is 17.7 Å². The Balaban J connectivity index is 1.64. The number of fused-ring (bicyclic) bond motifs is 1. The number of anilines is 1. The van der Waals surface area contributed by atoms with E-state index in [1.54, 1.807) is 19.9 Å². The van der Waals surface area contributed by atoms with Crippen LogP contribution < -0.4 is 15.8 Å². The summed E-state index contributed by atoms with van der Waals surface area (Å²) in [4.78, 5) is 21.2. The first-order chi connectivity index (χ1) is 15.6. The minimum atomic E-state index is -1.27. The molecule has 0 saturated heterocycles. The van der Waals surface area contributed by atoms with Crippen molar-refractivity contribution >= 4 is 28.5 Å². The average Bonchev–Trinajstić information content (AvgIpc) is 3.50. The molecule has 3 atom stereocenters. The maximum Gasteiger partial charge on any atom is 0.274 e. The molecule has 1 fully saturated rings. The number of nitrogens with zero attached hydrogens (tertiary/aromatic N) is 2. The molecule has 1 saturated carbocycles. The van der Waals surface area contributed by atoms with Gasteiger partial charge in [-0.15, -0.1) is 6.42 Å². The number of alkyl halides is 1. The number of terminal acetylenes is 1. The summed E-state index contributed by atoms with van der Waals surface area (Å²) in [6.45, 7) is 2.66. The number of carbonyl (C=O) groups is 1. The van der Waals surface area contributed by atoms with Crippen LogP contribution in [0.3, 0.4) is 0 Å². The van der Waals surface area contributed by atoms with Crippen molar-refractivity contribution in [3.05, 3.63) is 52.9 Å². The molecular formula is C23H21F3N4O2S. The molecule has 0 radical (unpaired) electrons. The fourth-order valence-electron chi connectivity index (χ4n) is 4.28. The van der Waals surface area contributed by atoms with Crippen molar-refractivity contribution in [2.24, 2.45) is 16.6 Å². The van der Waals surface area contributed by atoms with Crippen molar-refractivity contribution < 1.29 is 22.7 Å². The fraction of sp³-hybridized carbons (Fsp3) is 0.348. The highest BCUT2D eigenvalue weighted by Crippen LogP contribution is 2.66. The van der Waals surface area contributed by atoms with Crippen molar-refractivity contribution in [1.29, 1.82) is 0 Å². The molecule has 3 N–H and O–H groups in total. The number of carbonyl (C=O) groups excluding carboxylic acids is 1. The summed E-state index contributed by atoms with van der Waals surface area (Å²) in [5.41, 5.74) is 5.14. The summed E-state index contributed by atoms with van der Waals surface area (Å²) in [7, 11) is 0. The number of halogens is 3. The van der Waals surface area contributed by atoms with Crippen molar-refractivity contribution in [3.63, 3.8) is 0 Å². The first kappa shape index (κ1) is 23.0. The van der Waals surface area contributed by atoms with E-state index in [4.69, 9.17) is 16.9 Å². The van der Waals surface area contributed by atoms with E-state index in [1.165, 1.54) is 12.3 Å². The molecule has 1 aromatic carbocycles. The monoisotopic (exact) mass is 474 g/mol. The Bertz CT molecular complexity index is 1210. The lowest BCUT2D eigenvalue weighted by Gasteiger charge is -2.33. The molecule has 1 amide bonds. The Kier molecular flexibility index (Phi) is 5.78. The van der Waals surface area contributed by atoms with Gasteiger partial charge in [0, 0.05) is 23.2 Å². The summed E-state index contributed by atoms with van der Waals surface area (Å²) >= 11 is 1.13. The van der Waals surface area contributed by atoms with Gasteiger partial charge in [-0.25, -0.2) is 18.2 Å². The number of hydrogen-bond acceptors (Lipinski definition) is 6. The number of benzene rings is 1. The third-order valence-corrected chi connectivity index (χ3v) is 7.27.